The van der Waals surface area contributed by atoms with Crippen molar-refractivity contribution in [3.05, 3.63) is 48.0 Å². The Morgan fingerprint density at radius 1 is 0.686 bits per heavy atom. The van der Waals surface area contributed by atoms with Gasteiger partial charge in [0.25, 0.3) is 0 Å². The molecule has 0 heterocycles. The van der Waals surface area contributed by atoms with Crippen molar-refractivity contribution in [3.8, 4) is 0 Å². The van der Waals surface area contributed by atoms with Crippen LogP contribution < -0.4 is 0 Å². The van der Waals surface area contributed by atoms with Gasteiger partial charge in [-0.2, -0.15) is 0 Å². The lowest BCUT2D eigenvalue weighted by Gasteiger charge is -2.19. The summed E-state index contributed by atoms with van der Waals surface area (Å²) in [7, 11) is 0. The van der Waals surface area contributed by atoms with Gasteiger partial charge in [0.2, 0.25) is 0 Å². The maximum absolute atomic E-state index is 13.1. The number of hydrogen-bond donors (Lipinski definition) is 0. The Morgan fingerprint density at radius 2 is 1.23 bits per heavy atom. The SMILES string of the molecule is CCCCCCCCCCCCCCCCC(C(=O)OCCC(C)C)c1cccc2ccccc12. The minimum atomic E-state index is -0.161. The molecule has 0 aliphatic heterocycles. The molecular weight excluding hydrogens is 428 g/mol. The normalized spacial score (nSPS) is 12.3. The number of esters is 1. The highest BCUT2D eigenvalue weighted by Gasteiger charge is 2.23. The van der Waals surface area contributed by atoms with Gasteiger partial charge < -0.3 is 4.74 Å². The van der Waals surface area contributed by atoms with E-state index in [2.05, 4.69) is 63.2 Å². The Hall–Kier alpha value is -1.83. The van der Waals surface area contributed by atoms with Crippen molar-refractivity contribution < 1.29 is 9.53 Å². The van der Waals surface area contributed by atoms with Gasteiger partial charge in [-0.25, -0.2) is 0 Å². The fourth-order valence-electron chi connectivity index (χ4n) is 4.99. The molecule has 2 rings (SSSR count). The number of ether oxygens (including phenoxy) is 1. The van der Waals surface area contributed by atoms with Gasteiger partial charge in [0.05, 0.1) is 12.5 Å². The monoisotopic (exact) mass is 480 g/mol. The van der Waals surface area contributed by atoms with E-state index in [0.717, 1.165) is 24.8 Å². The molecule has 2 aromatic rings. The molecule has 0 radical (unpaired) electrons. The number of rotatable bonds is 20. The van der Waals surface area contributed by atoms with Gasteiger partial charge in [0.1, 0.15) is 0 Å². The van der Waals surface area contributed by atoms with Crippen LogP contribution in [0.15, 0.2) is 42.5 Å². The van der Waals surface area contributed by atoms with E-state index in [9.17, 15) is 4.79 Å². The molecule has 2 aromatic carbocycles. The number of carbonyl (C=O) groups excluding carboxylic acids is 1. The van der Waals surface area contributed by atoms with Gasteiger partial charge in [-0.15, -0.1) is 0 Å². The van der Waals surface area contributed by atoms with Crippen molar-refractivity contribution in [2.45, 2.75) is 129 Å². The Balaban J connectivity index is 1.72. The zero-order valence-electron chi connectivity index (χ0n) is 23.0. The number of benzene rings is 2. The fourth-order valence-corrected chi connectivity index (χ4v) is 4.99. The highest BCUT2D eigenvalue weighted by Crippen LogP contribution is 2.31. The zero-order valence-corrected chi connectivity index (χ0v) is 23.0. The van der Waals surface area contributed by atoms with Crippen molar-refractivity contribution >= 4 is 16.7 Å². The summed E-state index contributed by atoms with van der Waals surface area (Å²) >= 11 is 0. The predicted octanol–water partition coefficient (Wildman–Crippen LogP) is 10.4. The molecule has 0 N–H and O–H groups in total. The first-order chi connectivity index (χ1) is 17.1. The molecule has 2 heteroatoms. The molecule has 1 atom stereocenters. The topological polar surface area (TPSA) is 26.3 Å². The van der Waals surface area contributed by atoms with E-state index >= 15 is 0 Å². The van der Waals surface area contributed by atoms with Gasteiger partial charge in [0, 0.05) is 0 Å². The third kappa shape index (κ3) is 12.1. The summed E-state index contributed by atoms with van der Waals surface area (Å²) in [6.07, 6.45) is 20.7. The smallest absolute Gasteiger partial charge is 0.313 e. The molecule has 0 aliphatic rings. The maximum atomic E-state index is 13.1. The molecule has 196 valence electrons. The molecule has 0 spiro atoms. The van der Waals surface area contributed by atoms with Crippen LogP contribution in [0.3, 0.4) is 0 Å². The van der Waals surface area contributed by atoms with E-state index < -0.39 is 0 Å². The van der Waals surface area contributed by atoms with Gasteiger partial charge >= 0.3 is 5.97 Å². The summed E-state index contributed by atoms with van der Waals surface area (Å²) in [4.78, 5) is 13.1. The minimum absolute atomic E-state index is 0.0447. The number of fused-ring (bicyclic) bond motifs is 1. The molecule has 0 aromatic heterocycles. The number of carbonyl (C=O) groups is 1. The van der Waals surface area contributed by atoms with Crippen LogP contribution in [0, 0.1) is 5.92 Å². The van der Waals surface area contributed by atoms with Crippen molar-refractivity contribution in [1.82, 2.24) is 0 Å². The molecular formula is C33H52O2. The van der Waals surface area contributed by atoms with Crippen LogP contribution in [-0.2, 0) is 9.53 Å². The molecule has 0 fully saturated rings. The van der Waals surface area contributed by atoms with Crippen LogP contribution in [0.4, 0.5) is 0 Å². The molecule has 35 heavy (non-hydrogen) atoms. The molecule has 0 bridgehead atoms. The van der Waals surface area contributed by atoms with E-state index in [0.29, 0.717) is 12.5 Å². The summed E-state index contributed by atoms with van der Waals surface area (Å²) < 4.78 is 5.75. The first-order valence-corrected chi connectivity index (χ1v) is 14.8. The minimum Gasteiger partial charge on any atom is -0.465 e. The summed E-state index contributed by atoms with van der Waals surface area (Å²) in [5, 5.41) is 2.39. The molecule has 0 amide bonds. The summed E-state index contributed by atoms with van der Waals surface area (Å²) in [6, 6.07) is 14.7. The van der Waals surface area contributed by atoms with Crippen molar-refractivity contribution in [1.29, 1.82) is 0 Å². The summed E-state index contributed by atoms with van der Waals surface area (Å²) in [5.41, 5.74) is 1.13. The number of hydrogen-bond acceptors (Lipinski definition) is 2. The van der Waals surface area contributed by atoms with Crippen LogP contribution in [0.25, 0.3) is 10.8 Å². The molecule has 0 saturated carbocycles. The lowest BCUT2D eigenvalue weighted by Crippen LogP contribution is -2.18. The average Bonchev–Trinajstić information content (AvgIpc) is 2.86. The van der Waals surface area contributed by atoms with Crippen LogP contribution in [0.1, 0.15) is 135 Å². The second-order valence-corrected chi connectivity index (χ2v) is 10.9. The van der Waals surface area contributed by atoms with E-state index in [1.54, 1.807) is 0 Å². The quantitative estimate of drug-likeness (QED) is 0.139. The van der Waals surface area contributed by atoms with E-state index in [1.165, 1.54) is 94.2 Å². The first kappa shape index (κ1) is 29.4. The Morgan fingerprint density at radius 3 is 1.83 bits per heavy atom. The highest BCUT2D eigenvalue weighted by atomic mass is 16.5. The Labute approximate surface area is 216 Å². The van der Waals surface area contributed by atoms with Crippen LogP contribution in [0.2, 0.25) is 0 Å². The number of unbranched alkanes of at least 4 members (excludes halogenated alkanes) is 13. The van der Waals surface area contributed by atoms with E-state index in [1.807, 2.05) is 0 Å². The van der Waals surface area contributed by atoms with Crippen LogP contribution in [-0.4, -0.2) is 12.6 Å². The highest BCUT2D eigenvalue weighted by molar-refractivity contribution is 5.91. The van der Waals surface area contributed by atoms with Crippen LogP contribution >= 0.6 is 0 Å². The van der Waals surface area contributed by atoms with Crippen molar-refractivity contribution in [2.75, 3.05) is 6.61 Å². The predicted molar refractivity (Wildman–Crippen MR) is 152 cm³/mol. The van der Waals surface area contributed by atoms with Crippen LogP contribution in [0.5, 0.6) is 0 Å². The first-order valence-electron chi connectivity index (χ1n) is 14.8. The molecule has 2 nitrogen and oxygen atoms in total. The third-order valence-electron chi connectivity index (χ3n) is 7.27. The Kier molecular flexibility index (Phi) is 15.5. The second kappa shape index (κ2) is 18.4. The molecule has 0 saturated heterocycles. The van der Waals surface area contributed by atoms with Gasteiger partial charge in [-0.3, -0.25) is 4.79 Å². The van der Waals surface area contributed by atoms with Gasteiger partial charge in [0.15, 0.2) is 0 Å². The van der Waals surface area contributed by atoms with Gasteiger partial charge in [-0.1, -0.05) is 153 Å². The third-order valence-corrected chi connectivity index (χ3v) is 7.27. The second-order valence-electron chi connectivity index (χ2n) is 10.9. The average molecular weight is 481 g/mol. The molecule has 0 aliphatic carbocycles. The lowest BCUT2D eigenvalue weighted by atomic mass is 9.89. The largest absolute Gasteiger partial charge is 0.465 e. The van der Waals surface area contributed by atoms with E-state index in [4.69, 9.17) is 4.74 Å². The lowest BCUT2D eigenvalue weighted by molar-refractivity contribution is -0.146. The van der Waals surface area contributed by atoms with Crippen molar-refractivity contribution in [2.24, 2.45) is 5.92 Å². The van der Waals surface area contributed by atoms with E-state index in [-0.39, 0.29) is 11.9 Å². The zero-order chi connectivity index (χ0) is 25.1. The van der Waals surface area contributed by atoms with Crippen molar-refractivity contribution in [3.63, 3.8) is 0 Å². The fraction of sp³-hybridized carbons (Fsp3) is 0.667. The summed E-state index contributed by atoms with van der Waals surface area (Å²) in [6.45, 7) is 7.15. The van der Waals surface area contributed by atoms with Gasteiger partial charge in [-0.05, 0) is 35.1 Å². The Bertz CT molecular complexity index is 804. The standard InChI is InChI=1S/C33H52O2/c1-4-5-6-7-8-9-10-11-12-13-14-15-16-17-24-32(33(34)35-27-26-28(2)3)31-25-20-22-29-21-18-19-23-30(29)31/h18-23,25,28,32H,4-17,24,26-27H2,1-3H3. The maximum Gasteiger partial charge on any atom is 0.313 e. The molecule has 1 unspecified atom stereocenters. The summed E-state index contributed by atoms with van der Waals surface area (Å²) in [5.74, 6) is 0.340.